The molecule has 0 fully saturated rings. The molecule has 0 aliphatic carbocycles. The molecule has 3 aromatic rings. The Morgan fingerprint density at radius 2 is 2.13 bits per heavy atom. The normalized spacial score (nSPS) is 11.3. The first-order valence-corrected chi connectivity index (χ1v) is 5.23. The fourth-order valence-electron chi connectivity index (χ4n) is 2.09. The van der Waals surface area contributed by atoms with Crippen molar-refractivity contribution in [3.05, 3.63) is 42.1 Å². The van der Waals surface area contributed by atoms with E-state index in [0.29, 0.717) is 0 Å². The molecule has 2 nitrogen and oxygen atoms in total. The first-order valence-electron chi connectivity index (χ1n) is 5.23. The van der Waals surface area contributed by atoms with Crippen molar-refractivity contribution in [1.82, 2.24) is 10.2 Å². The molecule has 2 aromatic carbocycles. The van der Waals surface area contributed by atoms with Gasteiger partial charge in [-0.2, -0.15) is 5.10 Å². The Morgan fingerprint density at radius 1 is 1.20 bits per heavy atom. The molecule has 0 aliphatic rings. The van der Waals surface area contributed by atoms with E-state index in [9.17, 15) is 0 Å². The summed E-state index contributed by atoms with van der Waals surface area (Å²) in [6, 6.07) is 10.8. The molecule has 3 rings (SSSR count). The second kappa shape index (κ2) is 3.09. The zero-order valence-electron chi connectivity index (χ0n) is 8.62. The van der Waals surface area contributed by atoms with Crippen LogP contribution in [-0.2, 0) is 6.42 Å². The minimum atomic E-state index is 1.07. The SMILES string of the molecule is CCc1cccc2cc3[nH]ncc3cc12. The minimum Gasteiger partial charge on any atom is -0.278 e. The number of aromatic amines is 1. The maximum Gasteiger partial charge on any atom is 0.0656 e. The van der Waals surface area contributed by atoms with Gasteiger partial charge in [-0.3, -0.25) is 5.10 Å². The van der Waals surface area contributed by atoms with E-state index in [4.69, 9.17) is 0 Å². The summed E-state index contributed by atoms with van der Waals surface area (Å²) < 4.78 is 0. The number of nitrogens with zero attached hydrogens (tertiary/aromatic N) is 1. The Balaban J connectivity index is 2.48. The predicted molar refractivity (Wildman–Crippen MR) is 63.0 cm³/mol. The first-order chi connectivity index (χ1) is 7.38. The van der Waals surface area contributed by atoms with Crippen LogP contribution in [0.1, 0.15) is 12.5 Å². The standard InChI is InChI=1S/C13H12N2/c1-2-9-4-3-5-10-7-13-11(6-12(9)10)8-14-15-13/h3-8H,2H2,1H3,(H,14,15). The lowest BCUT2D eigenvalue weighted by Gasteiger charge is -2.03. The monoisotopic (exact) mass is 196 g/mol. The van der Waals surface area contributed by atoms with Gasteiger partial charge in [-0.05, 0) is 34.9 Å². The number of fused-ring (bicyclic) bond motifs is 2. The number of aromatic nitrogens is 2. The molecule has 0 spiro atoms. The number of benzene rings is 2. The van der Waals surface area contributed by atoms with Gasteiger partial charge in [-0.1, -0.05) is 25.1 Å². The predicted octanol–water partition coefficient (Wildman–Crippen LogP) is 3.28. The quantitative estimate of drug-likeness (QED) is 0.635. The fraction of sp³-hybridized carbons (Fsp3) is 0.154. The Bertz CT molecular complexity index is 623. The summed E-state index contributed by atoms with van der Waals surface area (Å²) in [6.45, 7) is 2.19. The summed E-state index contributed by atoms with van der Waals surface area (Å²) in [4.78, 5) is 0. The summed E-state index contributed by atoms with van der Waals surface area (Å²) in [5, 5.41) is 10.9. The maximum absolute atomic E-state index is 4.05. The summed E-state index contributed by atoms with van der Waals surface area (Å²) in [6.07, 6.45) is 2.95. The Labute approximate surface area is 87.9 Å². The summed E-state index contributed by atoms with van der Waals surface area (Å²) >= 11 is 0. The summed E-state index contributed by atoms with van der Waals surface area (Å²) in [5.41, 5.74) is 2.51. The van der Waals surface area contributed by atoms with Crippen molar-refractivity contribution in [2.75, 3.05) is 0 Å². The molecule has 0 atom stereocenters. The lowest BCUT2D eigenvalue weighted by molar-refractivity contribution is 1.12. The van der Waals surface area contributed by atoms with Gasteiger partial charge in [0.2, 0.25) is 0 Å². The van der Waals surface area contributed by atoms with Gasteiger partial charge in [-0.15, -0.1) is 0 Å². The highest BCUT2D eigenvalue weighted by molar-refractivity contribution is 5.97. The third kappa shape index (κ3) is 1.22. The van der Waals surface area contributed by atoms with E-state index < -0.39 is 0 Å². The van der Waals surface area contributed by atoms with Gasteiger partial charge in [0.25, 0.3) is 0 Å². The Morgan fingerprint density at radius 3 is 3.00 bits per heavy atom. The summed E-state index contributed by atoms with van der Waals surface area (Å²) in [7, 11) is 0. The van der Waals surface area contributed by atoms with Crippen molar-refractivity contribution in [2.45, 2.75) is 13.3 Å². The zero-order valence-corrected chi connectivity index (χ0v) is 8.62. The van der Waals surface area contributed by atoms with E-state index in [2.05, 4.69) is 47.5 Å². The van der Waals surface area contributed by atoms with Gasteiger partial charge in [0.15, 0.2) is 0 Å². The van der Waals surface area contributed by atoms with E-state index >= 15 is 0 Å². The number of hydrogen-bond donors (Lipinski definition) is 1. The number of aryl methyl sites for hydroxylation is 1. The minimum absolute atomic E-state index is 1.07. The highest BCUT2D eigenvalue weighted by Gasteiger charge is 2.02. The molecule has 0 saturated carbocycles. The van der Waals surface area contributed by atoms with E-state index in [0.717, 1.165) is 11.9 Å². The summed E-state index contributed by atoms with van der Waals surface area (Å²) in [5.74, 6) is 0. The van der Waals surface area contributed by atoms with Crippen LogP contribution in [0.2, 0.25) is 0 Å². The van der Waals surface area contributed by atoms with Crippen LogP contribution < -0.4 is 0 Å². The van der Waals surface area contributed by atoms with Gasteiger partial charge in [-0.25, -0.2) is 0 Å². The van der Waals surface area contributed by atoms with Crippen LogP contribution in [0.5, 0.6) is 0 Å². The molecular weight excluding hydrogens is 184 g/mol. The third-order valence-corrected chi connectivity index (χ3v) is 2.91. The van der Waals surface area contributed by atoms with Crippen LogP contribution in [0, 0.1) is 0 Å². The van der Waals surface area contributed by atoms with Crippen molar-refractivity contribution in [2.24, 2.45) is 0 Å². The lowest BCUT2D eigenvalue weighted by Crippen LogP contribution is -1.83. The number of H-pyrrole nitrogens is 1. The van der Waals surface area contributed by atoms with Crippen LogP contribution >= 0.6 is 0 Å². The van der Waals surface area contributed by atoms with Crippen molar-refractivity contribution >= 4 is 21.7 Å². The molecule has 1 N–H and O–H groups in total. The van der Waals surface area contributed by atoms with Crippen molar-refractivity contribution < 1.29 is 0 Å². The molecule has 74 valence electrons. The molecule has 1 aromatic heterocycles. The van der Waals surface area contributed by atoms with E-state index in [1.165, 1.54) is 21.7 Å². The molecule has 15 heavy (non-hydrogen) atoms. The second-order valence-corrected chi connectivity index (χ2v) is 3.80. The van der Waals surface area contributed by atoms with Crippen LogP contribution in [-0.4, -0.2) is 10.2 Å². The van der Waals surface area contributed by atoms with Crippen molar-refractivity contribution in [1.29, 1.82) is 0 Å². The lowest BCUT2D eigenvalue weighted by atomic mass is 10.0. The van der Waals surface area contributed by atoms with Crippen molar-refractivity contribution in [3.8, 4) is 0 Å². The van der Waals surface area contributed by atoms with E-state index in [1.54, 1.807) is 0 Å². The Kier molecular flexibility index (Phi) is 1.75. The maximum atomic E-state index is 4.05. The molecule has 0 saturated heterocycles. The Hall–Kier alpha value is -1.83. The topological polar surface area (TPSA) is 28.7 Å². The third-order valence-electron chi connectivity index (χ3n) is 2.91. The number of hydrogen-bond acceptors (Lipinski definition) is 1. The van der Waals surface area contributed by atoms with Gasteiger partial charge in [0.05, 0.1) is 11.7 Å². The first kappa shape index (κ1) is 8.48. The average Bonchev–Trinajstić information content (AvgIpc) is 2.72. The molecule has 0 bridgehead atoms. The molecular formula is C13H12N2. The van der Waals surface area contributed by atoms with Crippen LogP contribution in [0.4, 0.5) is 0 Å². The van der Waals surface area contributed by atoms with Gasteiger partial charge < -0.3 is 0 Å². The molecule has 1 heterocycles. The van der Waals surface area contributed by atoms with Crippen molar-refractivity contribution in [3.63, 3.8) is 0 Å². The highest BCUT2D eigenvalue weighted by Crippen LogP contribution is 2.24. The van der Waals surface area contributed by atoms with E-state index in [-0.39, 0.29) is 0 Å². The smallest absolute Gasteiger partial charge is 0.0656 e. The molecule has 0 amide bonds. The van der Waals surface area contributed by atoms with E-state index in [1.807, 2.05) is 6.20 Å². The van der Waals surface area contributed by atoms with Crippen LogP contribution in [0.3, 0.4) is 0 Å². The molecule has 0 unspecified atom stereocenters. The average molecular weight is 196 g/mol. The van der Waals surface area contributed by atoms with Gasteiger partial charge >= 0.3 is 0 Å². The zero-order chi connectivity index (χ0) is 10.3. The van der Waals surface area contributed by atoms with Gasteiger partial charge in [0, 0.05) is 5.39 Å². The van der Waals surface area contributed by atoms with Gasteiger partial charge in [0.1, 0.15) is 0 Å². The number of rotatable bonds is 1. The molecule has 2 heteroatoms. The highest BCUT2D eigenvalue weighted by atomic mass is 15.1. The largest absolute Gasteiger partial charge is 0.278 e. The second-order valence-electron chi connectivity index (χ2n) is 3.80. The fourth-order valence-corrected chi connectivity index (χ4v) is 2.09. The van der Waals surface area contributed by atoms with Crippen LogP contribution in [0.15, 0.2) is 36.5 Å². The van der Waals surface area contributed by atoms with Crippen LogP contribution in [0.25, 0.3) is 21.7 Å². The molecule has 0 aliphatic heterocycles. The number of nitrogens with one attached hydrogen (secondary N) is 1. The molecule has 0 radical (unpaired) electrons.